The molecular formula is C33H29F7N2O4S. The van der Waals surface area contributed by atoms with Crippen LogP contribution in [0.15, 0.2) is 54.6 Å². The number of amides is 2. The second-order valence-corrected chi connectivity index (χ2v) is 12.9. The summed E-state index contributed by atoms with van der Waals surface area (Å²) in [5.41, 5.74) is -2.81. The molecule has 5 rings (SSSR count). The lowest BCUT2D eigenvalue weighted by Crippen LogP contribution is -2.30. The van der Waals surface area contributed by atoms with Gasteiger partial charge < -0.3 is 20.5 Å². The average molecular weight is 683 g/mol. The molecule has 0 spiro atoms. The molecule has 1 aromatic heterocycles. The first-order valence-electron chi connectivity index (χ1n) is 14.5. The average Bonchev–Trinajstić information content (AvgIpc) is 3.31. The highest BCUT2D eigenvalue weighted by Gasteiger charge is 2.35. The molecule has 1 aliphatic carbocycles. The number of nitrogens with one attached hydrogen (secondary N) is 2. The molecule has 0 saturated heterocycles. The molecule has 0 aliphatic heterocycles. The van der Waals surface area contributed by atoms with E-state index in [4.69, 9.17) is 4.74 Å². The van der Waals surface area contributed by atoms with Crippen LogP contribution >= 0.6 is 11.3 Å². The van der Waals surface area contributed by atoms with Gasteiger partial charge in [-0.3, -0.25) is 9.59 Å². The van der Waals surface area contributed by atoms with Crippen LogP contribution in [0.25, 0.3) is 10.1 Å². The Bertz CT molecular complexity index is 1830. The van der Waals surface area contributed by atoms with Crippen LogP contribution in [0.5, 0.6) is 5.75 Å². The molecule has 0 bridgehead atoms. The minimum Gasteiger partial charge on any atom is -0.496 e. The number of halogens is 7. The Hall–Kier alpha value is -4.17. The van der Waals surface area contributed by atoms with E-state index in [-0.39, 0.29) is 43.6 Å². The first-order chi connectivity index (χ1) is 21.9. The minimum atomic E-state index is -5.02. The van der Waals surface area contributed by atoms with Gasteiger partial charge in [0.1, 0.15) is 11.6 Å². The van der Waals surface area contributed by atoms with Gasteiger partial charge in [0, 0.05) is 20.7 Å². The molecule has 3 aromatic carbocycles. The van der Waals surface area contributed by atoms with E-state index in [9.17, 15) is 45.4 Å². The first kappa shape index (κ1) is 34.2. The summed E-state index contributed by atoms with van der Waals surface area (Å²) in [6.07, 6.45) is -7.52. The highest BCUT2D eigenvalue weighted by molar-refractivity contribution is 7.20. The zero-order chi connectivity index (χ0) is 34.3. The van der Waals surface area contributed by atoms with Crippen LogP contribution in [0, 0.1) is 5.82 Å². The molecule has 1 fully saturated rings. The van der Waals surface area contributed by atoms with Crippen LogP contribution in [-0.4, -0.2) is 29.6 Å². The van der Waals surface area contributed by atoms with Crippen molar-refractivity contribution in [2.24, 2.45) is 0 Å². The zero-order valence-corrected chi connectivity index (χ0v) is 25.9. The van der Waals surface area contributed by atoms with Crippen molar-refractivity contribution >= 4 is 44.6 Å². The van der Waals surface area contributed by atoms with E-state index in [0.29, 0.717) is 25.0 Å². The van der Waals surface area contributed by atoms with E-state index in [0.717, 1.165) is 47.9 Å². The van der Waals surface area contributed by atoms with Gasteiger partial charge >= 0.3 is 12.4 Å². The van der Waals surface area contributed by atoms with Gasteiger partial charge in [-0.1, -0.05) is 12.1 Å². The van der Waals surface area contributed by atoms with E-state index in [1.807, 2.05) is 0 Å². The van der Waals surface area contributed by atoms with E-state index in [2.05, 4.69) is 10.6 Å². The number of hydrogen-bond acceptors (Lipinski definition) is 5. The largest absolute Gasteiger partial charge is 0.496 e. The number of carbonyl (C=O) groups is 2. The summed E-state index contributed by atoms with van der Waals surface area (Å²) in [5.74, 6) is -2.89. The van der Waals surface area contributed by atoms with Crippen LogP contribution in [0.4, 0.5) is 42.1 Å². The number of carbonyl (C=O) groups excluding carboxylic acids is 2. The van der Waals surface area contributed by atoms with Crippen LogP contribution in [0.3, 0.4) is 0 Å². The standard InChI is InChI=1S/C33H29F7N2O4S/c1-31(45)11-3-4-18(16-31)17-5-10-25(46-2)22(12-17)30(44)42-29-21-8-6-19(32(35,36)37)13-26(21)47-27(29)15-28(43)41-20-7-9-24(34)23(14-20)33(38,39)40/h5-10,12-14,18,45H,3-4,11,15-16H2,1-2H3,(H,41,43)(H,42,44). The minimum absolute atomic E-state index is 0.0393. The van der Waals surface area contributed by atoms with Crippen molar-refractivity contribution in [1.82, 2.24) is 0 Å². The fraction of sp³-hybridized carbons (Fsp3) is 0.333. The summed E-state index contributed by atoms with van der Waals surface area (Å²) in [5, 5.41) is 15.8. The Morgan fingerprint density at radius 1 is 1.00 bits per heavy atom. The Morgan fingerprint density at radius 3 is 2.40 bits per heavy atom. The Balaban J connectivity index is 1.49. The third-order valence-electron chi connectivity index (χ3n) is 8.10. The molecule has 4 aromatic rings. The van der Waals surface area contributed by atoms with E-state index in [1.165, 1.54) is 13.2 Å². The molecule has 1 aliphatic rings. The molecule has 1 saturated carbocycles. The molecule has 1 heterocycles. The number of hydrogen-bond donors (Lipinski definition) is 3. The summed E-state index contributed by atoms with van der Waals surface area (Å²) < 4.78 is 99.4. The number of anilines is 2. The topological polar surface area (TPSA) is 87.7 Å². The number of aliphatic hydroxyl groups is 1. The lowest BCUT2D eigenvalue weighted by Gasteiger charge is -2.34. The third kappa shape index (κ3) is 7.70. The van der Waals surface area contributed by atoms with Crippen molar-refractivity contribution in [2.75, 3.05) is 17.7 Å². The number of fused-ring (bicyclic) bond motifs is 1. The van der Waals surface area contributed by atoms with Crippen LogP contribution in [0.2, 0.25) is 0 Å². The van der Waals surface area contributed by atoms with Crippen LogP contribution < -0.4 is 15.4 Å². The second kappa shape index (κ2) is 12.8. The molecule has 3 N–H and O–H groups in total. The van der Waals surface area contributed by atoms with Crippen LogP contribution in [-0.2, 0) is 23.6 Å². The van der Waals surface area contributed by atoms with Gasteiger partial charge in [0.05, 0.1) is 41.5 Å². The van der Waals surface area contributed by atoms with Crippen molar-refractivity contribution < 1.29 is 50.2 Å². The Morgan fingerprint density at radius 2 is 1.74 bits per heavy atom. The van der Waals surface area contributed by atoms with E-state index < -0.39 is 53.1 Å². The maximum absolute atomic E-state index is 13.8. The van der Waals surface area contributed by atoms with Crippen LogP contribution in [0.1, 0.15) is 70.5 Å². The predicted octanol–water partition coefficient (Wildman–Crippen LogP) is 8.93. The fourth-order valence-corrected chi connectivity index (χ4v) is 7.04. The van der Waals surface area contributed by atoms with Gasteiger partial charge in [-0.25, -0.2) is 4.39 Å². The quantitative estimate of drug-likeness (QED) is 0.170. The van der Waals surface area contributed by atoms with Crippen molar-refractivity contribution in [3.63, 3.8) is 0 Å². The van der Waals surface area contributed by atoms with E-state index >= 15 is 0 Å². The highest BCUT2D eigenvalue weighted by atomic mass is 32.1. The van der Waals surface area contributed by atoms with Gasteiger partial charge in [-0.2, -0.15) is 26.3 Å². The predicted molar refractivity (Wildman–Crippen MR) is 163 cm³/mol. The van der Waals surface area contributed by atoms with Crippen molar-refractivity contribution in [3.8, 4) is 5.75 Å². The lowest BCUT2D eigenvalue weighted by atomic mass is 9.76. The summed E-state index contributed by atoms with van der Waals surface area (Å²) in [6.45, 7) is 1.76. The molecular weight excluding hydrogens is 653 g/mol. The first-order valence-corrected chi connectivity index (χ1v) is 15.3. The number of alkyl halides is 6. The maximum Gasteiger partial charge on any atom is 0.419 e. The normalized spacial score (nSPS) is 18.6. The third-order valence-corrected chi connectivity index (χ3v) is 9.25. The second-order valence-electron chi connectivity index (χ2n) is 11.7. The zero-order valence-electron chi connectivity index (χ0n) is 25.0. The molecule has 0 radical (unpaired) electrons. The number of thiophene rings is 1. The van der Waals surface area contributed by atoms with Crippen molar-refractivity contribution in [2.45, 2.75) is 62.9 Å². The Labute approximate surface area is 268 Å². The van der Waals surface area contributed by atoms with Gasteiger partial charge in [0.2, 0.25) is 5.91 Å². The number of benzene rings is 3. The van der Waals surface area contributed by atoms with Gasteiger partial charge in [-0.05, 0) is 86.6 Å². The molecule has 14 heteroatoms. The maximum atomic E-state index is 13.8. The molecule has 47 heavy (non-hydrogen) atoms. The summed E-state index contributed by atoms with van der Waals surface area (Å²) in [7, 11) is 1.37. The summed E-state index contributed by atoms with van der Waals surface area (Å²) >= 11 is 0.801. The summed E-state index contributed by atoms with van der Waals surface area (Å²) in [4.78, 5) is 26.9. The Kier molecular flexibility index (Phi) is 9.30. The monoisotopic (exact) mass is 682 g/mol. The molecule has 2 atom stereocenters. The van der Waals surface area contributed by atoms with E-state index in [1.54, 1.807) is 25.1 Å². The molecule has 6 nitrogen and oxygen atoms in total. The van der Waals surface area contributed by atoms with Gasteiger partial charge in [0.25, 0.3) is 5.91 Å². The van der Waals surface area contributed by atoms with Crippen molar-refractivity contribution in [1.29, 1.82) is 0 Å². The lowest BCUT2D eigenvalue weighted by molar-refractivity contribution is -0.140. The number of methoxy groups -OCH3 is 1. The number of ether oxygens (including phenoxy) is 1. The SMILES string of the molecule is COc1ccc(C2CCCC(C)(O)C2)cc1C(=O)Nc1c(CC(=O)Nc2ccc(F)c(C(F)(F)F)c2)sc2cc(C(F)(F)F)ccc12. The molecule has 2 unspecified atom stereocenters. The van der Waals surface area contributed by atoms with Gasteiger partial charge in [0.15, 0.2) is 0 Å². The number of rotatable bonds is 7. The fourth-order valence-electron chi connectivity index (χ4n) is 5.84. The van der Waals surface area contributed by atoms with Crippen molar-refractivity contribution in [3.05, 3.63) is 87.5 Å². The molecule has 2 amide bonds. The summed E-state index contributed by atoms with van der Waals surface area (Å²) in [6, 6.07) is 9.85. The smallest absolute Gasteiger partial charge is 0.419 e. The highest BCUT2D eigenvalue weighted by Crippen LogP contribution is 2.42. The van der Waals surface area contributed by atoms with Gasteiger partial charge in [-0.15, -0.1) is 11.3 Å². The molecule has 250 valence electrons.